The third-order valence-corrected chi connectivity index (χ3v) is 4.26. The molecule has 0 aliphatic rings. The van der Waals surface area contributed by atoms with E-state index < -0.39 is 0 Å². The molecular weight excluding hydrogens is 338 g/mol. The summed E-state index contributed by atoms with van der Waals surface area (Å²) in [6.07, 6.45) is 0. The Morgan fingerprint density at radius 2 is 2.05 bits per heavy atom. The standard InChI is InChI=1S/C15H16BrNO2S/c1-19-9-8-17(11-14-3-2-10-20-14)15(18)12-4-6-13(16)7-5-12/h2-7,10H,8-9,11H2,1H3. The Hall–Kier alpha value is -1.17. The van der Waals surface area contributed by atoms with Crippen LogP contribution in [0.15, 0.2) is 46.3 Å². The number of carbonyl (C=O) groups excluding carboxylic acids is 1. The highest BCUT2D eigenvalue weighted by Gasteiger charge is 2.16. The summed E-state index contributed by atoms with van der Waals surface area (Å²) >= 11 is 5.04. The fraction of sp³-hybridized carbons (Fsp3) is 0.267. The first-order valence-corrected chi connectivity index (χ1v) is 7.94. The van der Waals surface area contributed by atoms with Crippen LogP contribution in [0.5, 0.6) is 0 Å². The molecule has 0 aliphatic heterocycles. The van der Waals surface area contributed by atoms with Crippen molar-refractivity contribution in [2.45, 2.75) is 6.54 Å². The molecule has 2 aromatic rings. The van der Waals surface area contributed by atoms with Gasteiger partial charge in [0.1, 0.15) is 0 Å². The second-order valence-corrected chi connectivity index (χ2v) is 6.25. The third-order valence-electron chi connectivity index (χ3n) is 2.87. The van der Waals surface area contributed by atoms with E-state index in [9.17, 15) is 4.79 Å². The number of amides is 1. The van der Waals surface area contributed by atoms with Crippen molar-refractivity contribution in [1.82, 2.24) is 4.90 Å². The van der Waals surface area contributed by atoms with Crippen molar-refractivity contribution >= 4 is 33.2 Å². The summed E-state index contributed by atoms with van der Waals surface area (Å²) in [5.74, 6) is 0.0305. The van der Waals surface area contributed by atoms with E-state index in [0.29, 0.717) is 25.3 Å². The van der Waals surface area contributed by atoms with Gasteiger partial charge in [-0.3, -0.25) is 4.79 Å². The summed E-state index contributed by atoms with van der Waals surface area (Å²) < 4.78 is 6.07. The van der Waals surface area contributed by atoms with Crippen LogP contribution in [0.1, 0.15) is 15.2 Å². The predicted octanol–water partition coefficient (Wildman–Crippen LogP) is 3.80. The van der Waals surface area contributed by atoms with Gasteiger partial charge < -0.3 is 9.64 Å². The van der Waals surface area contributed by atoms with Crippen molar-refractivity contribution in [3.8, 4) is 0 Å². The molecule has 0 aliphatic carbocycles. The van der Waals surface area contributed by atoms with Crippen LogP contribution in [-0.2, 0) is 11.3 Å². The van der Waals surface area contributed by atoms with Gasteiger partial charge in [0.2, 0.25) is 0 Å². The summed E-state index contributed by atoms with van der Waals surface area (Å²) in [5, 5.41) is 2.02. The molecule has 106 valence electrons. The molecule has 1 heterocycles. The summed E-state index contributed by atoms with van der Waals surface area (Å²) in [6, 6.07) is 11.5. The zero-order chi connectivity index (χ0) is 14.4. The van der Waals surface area contributed by atoms with Crippen molar-refractivity contribution in [3.63, 3.8) is 0 Å². The lowest BCUT2D eigenvalue weighted by molar-refractivity contribution is 0.0682. The lowest BCUT2D eigenvalue weighted by Crippen LogP contribution is -2.33. The molecule has 0 radical (unpaired) electrons. The number of hydrogen-bond donors (Lipinski definition) is 0. The maximum Gasteiger partial charge on any atom is 0.254 e. The van der Waals surface area contributed by atoms with E-state index in [0.717, 1.165) is 4.47 Å². The Balaban J connectivity index is 2.12. The van der Waals surface area contributed by atoms with Crippen LogP contribution in [-0.4, -0.2) is 31.1 Å². The molecule has 0 N–H and O–H groups in total. The van der Waals surface area contributed by atoms with E-state index in [1.807, 2.05) is 46.7 Å². The van der Waals surface area contributed by atoms with Crippen LogP contribution in [0.2, 0.25) is 0 Å². The zero-order valence-electron chi connectivity index (χ0n) is 11.2. The highest BCUT2D eigenvalue weighted by molar-refractivity contribution is 9.10. The van der Waals surface area contributed by atoms with Gasteiger partial charge in [-0.1, -0.05) is 22.0 Å². The lowest BCUT2D eigenvalue weighted by atomic mass is 10.2. The van der Waals surface area contributed by atoms with Crippen molar-refractivity contribution < 1.29 is 9.53 Å². The average Bonchev–Trinajstić information content (AvgIpc) is 2.96. The number of halogens is 1. The van der Waals surface area contributed by atoms with E-state index in [-0.39, 0.29) is 5.91 Å². The number of rotatable bonds is 6. The number of methoxy groups -OCH3 is 1. The van der Waals surface area contributed by atoms with Crippen LogP contribution in [0.4, 0.5) is 0 Å². The molecule has 0 bridgehead atoms. The van der Waals surface area contributed by atoms with Gasteiger partial charge in [-0.15, -0.1) is 11.3 Å². The molecule has 0 fully saturated rings. The molecule has 0 atom stereocenters. The van der Waals surface area contributed by atoms with Crippen molar-refractivity contribution in [3.05, 3.63) is 56.7 Å². The summed E-state index contributed by atoms with van der Waals surface area (Å²) in [7, 11) is 1.65. The van der Waals surface area contributed by atoms with Crippen LogP contribution in [0, 0.1) is 0 Å². The molecule has 0 saturated heterocycles. The number of carbonyl (C=O) groups is 1. The molecule has 2 rings (SSSR count). The monoisotopic (exact) mass is 353 g/mol. The largest absolute Gasteiger partial charge is 0.383 e. The normalized spacial score (nSPS) is 10.5. The number of ether oxygens (including phenoxy) is 1. The van der Waals surface area contributed by atoms with Gasteiger partial charge >= 0.3 is 0 Å². The first-order valence-electron chi connectivity index (χ1n) is 6.27. The second kappa shape index (κ2) is 7.57. The Morgan fingerprint density at radius 1 is 1.30 bits per heavy atom. The molecule has 0 spiro atoms. The van der Waals surface area contributed by atoms with Crippen LogP contribution >= 0.6 is 27.3 Å². The van der Waals surface area contributed by atoms with E-state index in [2.05, 4.69) is 15.9 Å². The molecule has 1 aromatic carbocycles. The fourth-order valence-corrected chi connectivity index (χ4v) is 2.80. The van der Waals surface area contributed by atoms with Gasteiger partial charge in [0, 0.05) is 28.6 Å². The summed E-state index contributed by atoms with van der Waals surface area (Å²) in [5.41, 5.74) is 0.695. The molecule has 3 nitrogen and oxygen atoms in total. The smallest absolute Gasteiger partial charge is 0.254 e. The molecule has 1 aromatic heterocycles. The molecule has 1 amide bonds. The average molecular weight is 354 g/mol. The second-order valence-electron chi connectivity index (χ2n) is 4.31. The van der Waals surface area contributed by atoms with Crippen LogP contribution in [0.3, 0.4) is 0 Å². The highest BCUT2D eigenvalue weighted by Crippen LogP contribution is 2.16. The number of benzene rings is 1. The fourth-order valence-electron chi connectivity index (χ4n) is 1.82. The topological polar surface area (TPSA) is 29.5 Å². The first-order chi connectivity index (χ1) is 9.70. The first kappa shape index (κ1) is 15.2. The van der Waals surface area contributed by atoms with Gasteiger partial charge in [-0.05, 0) is 35.7 Å². The van der Waals surface area contributed by atoms with E-state index >= 15 is 0 Å². The third kappa shape index (κ3) is 4.16. The van der Waals surface area contributed by atoms with E-state index in [1.165, 1.54) is 4.88 Å². The Bertz CT molecular complexity index is 540. The Kier molecular flexibility index (Phi) is 5.76. The minimum atomic E-state index is 0.0305. The molecule has 0 saturated carbocycles. The maximum atomic E-state index is 12.5. The molecular formula is C15H16BrNO2S. The van der Waals surface area contributed by atoms with Crippen molar-refractivity contribution in [1.29, 1.82) is 0 Å². The van der Waals surface area contributed by atoms with Crippen molar-refractivity contribution in [2.75, 3.05) is 20.3 Å². The summed E-state index contributed by atoms with van der Waals surface area (Å²) in [4.78, 5) is 15.5. The van der Waals surface area contributed by atoms with Gasteiger partial charge in [0.15, 0.2) is 0 Å². The molecule has 5 heteroatoms. The van der Waals surface area contributed by atoms with Crippen molar-refractivity contribution in [2.24, 2.45) is 0 Å². The molecule has 20 heavy (non-hydrogen) atoms. The van der Waals surface area contributed by atoms with Gasteiger partial charge in [-0.2, -0.15) is 0 Å². The van der Waals surface area contributed by atoms with E-state index in [1.54, 1.807) is 18.4 Å². The lowest BCUT2D eigenvalue weighted by Gasteiger charge is -2.22. The van der Waals surface area contributed by atoms with Crippen LogP contribution in [0.25, 0.3) is 0 Å². The minimum Gasteiger partial charge on any atom is -0.383 e. The Morgan fingerprint density at radius 3 is 2.65 bits per heavy atom. The minimum absolute atomic E-state index is 0.0305. The number of nitrogens with zero attached hydrogens (tertiary/aromatic N) is 1. The Labute approximate surface area is 131 Å². The van der Waals surface area contributed by atoms with Gasteiger partial charge in [0.25, 0.3) is 5.91 Å². The highest BCUT2D eigenvalue weighted by atomic mass is 79.9. The van der Waals surface area contributed by atoms with Gasteiger partial charge in [0.05, 0.1) is 13.2 Å². The summed E-state index contributed by atoms with van der Waals surface area (Å²) in [6.45, 7) is 1.74. The van der Waals surface area contributed by atoms with E-state index in [4.69, 9.17) is 4.74 Å². The number of hydrogen-bond acceptors (Lipinski definition) is 3. The van der Waals surface area contributed by atoms with Crippen LogP contribution < -0.4 is 0 Å². The number of thiophene rings is 1. The van der Waals surface area contributed by atoms with Gasteiger partial charge in [-0.25, -0.2) is 0 Å². The SMILES string of the molecule is COCCN(Cc1cccs1)C(=O)c1ccc(Br)cc1. The quantitative estimate of drug-likeness (QED) is 0.790. The molecule has 0 unspecified atom stereocenters. The maximum absolute atomic E-state index is 12.5. The predicted molar refractivity (Wildman–Crippen MR) is 85.1 cm³/mol. The zero-order valence-corrected chi connectivity index (χ0v) is 13.6.